The second-order valence-corrected chi connectivity index (χ2v) is 9.23. The van der Waals surface area contributed by atoms with Crippen molar-refractivity contribution in [2.75, 3.05) is 6.61 Å². The van der Waals surface area contributed by atoms with Gasteiger partial charge in [-0.3, -0.25) is 9.36 Å². The quantitative estimate of drug-likeness (QED) is 0.533. The molecule has 0 bridgehead atoms. The molecule has 3 aromatic rings. The minimum atomic E-state index is -0.857. The van der Waals surface area contributed by atoms with E-state index in [1.54, 1.807) is 39.0 Å². The van der Waals surface area contributed by atoms with Crippen LogP contribution in [0, 0.1) is 0 Å². The molecule has 35 heavy (non-hydrogen) atoms. The molecule has 8 heteroatoms. The van der Waals surface area contributed by atoms with Crippen molar-refractivity contribution in [3.05, 3.63) is 96.9 Å². The van der Waals surface area contributed by atoms with Crippen molar-refractivity contribution in [2.45, 2.75) is 32.8 Å². The van der Waals surface area contributed by atoms with Crippen molar-refractivity contribution >= 4 is 40.7 Å². The average molecular weight is 491 g/mol. The molecular weight excluding hydrogens is 464 g/mol. The van der Waals surface area contributed by atoms with Crippen LogP contribution in [-0.2, 0) is 19.1 Å². The molecule has 0 radical (unpaired) electrons. The smallest absolute Gasteiger partial charge is 0.338 e. The summed E-state index contributed by atoms with van der Waals surface area (Å²) in [6, 6.07) is 18.4. The van der Waals surface area contributed by atoms with Crippen molar-refractivity contribution in [3.8, 4) is 0 Å². The van der Waals surface area contributed by atoms with E-state index in [4.69, 9.17) is 15.2 Å². The summed E-state index contributed by atoms with van der Waals surface area (Å²) in [4.78, 5) is 40.1. The molecule has 7 nitrogen and oxygen atoms in total. The summed E-state index contributed by atoms with van der Waals surface area (Å²) in [6.07, 6.45) is 1.33. The van der Waals surface area contributed by atoms with E-state index >= 15 is 0 Å². The minimum Gasteiger partial charge on any atom is -0.463 e. The average Bonchev–Trinajstić information content (AvgIpc) is 3.15. The molecule has 1 aliphatic rings. The maximum Gasteiger partial charge on any atom is 0.338 e. The molecule has 2 heterocycles. The predicted molar refractivity (Wildman–Crippen MR) is 136 cm³/mol. The summed E-state index contributed by atoms with van der Waals surface area (Å²) < 4.78 is 12.8. The van der Waals surface area contributed by atoms with E-state index in [2.05, 4.69) is 0 Å². The third kappa shape index (κ3) is 4.70. The zero-order chi connectivity index (χ0) is 25.1. The van der Waals surface area contributed by atoms with E-state index in [1.807, 2.05) is 48.5 Å². The number of nitrogens with two attached hydrogens (primary N) is 1. The zero-order valence-electron chi connectivity index (χ0n) is 19.7. The number of aromatic nitrogens is 1. The van der Waals surface area contributed by atoms with Gasteiger partial charge in [-0.1, -0.05) is 60.7 Å². The number of ether oxygens (including phenoxy) is 2. The van der Waals surface area contributed by atoms with Crippen LogP contribution >= 0.6 is 11.3 Å². The van der Waals surface area contributed by atoms with Gasteiger partial charge in [0.2, 0.25) is 0 Å². The van der Waals surface area contributed by atoms with Gasteiger partial charge >= 0.3 is 11.9 Å². The number of fused-ring (bicyclic) bond motifs is 1. The van der Waals surface area contributed by atoms with Crippen LogP contribution < -0.4 is 20.5 Å². The number of esters is 2. The number of thiazole rings is 1. The Bertz CT molecular complexity index is 1470. The van der Waals surface area contributed by atoms with Gasteiger partial charge in [-0.05, 0) is 38.0 Å². The molecule has 1 aromatic heterocycles. The monoisotopic (exact) mass is 490 g/mol. The Labute approximate surface area is 206 Å². The molecule has 0 saturated carbocycles. The summed E-state index contributed by atoms with van der Waals surface area (Å²) in [6.45, 7) is 5.28. The first-order valence-electron chi connectivity index (χ1n) is 11.3. The topological polar surface area (TPSA) is 101 Å². The van der Waals surface area contributed by atoms with Crippen molar-refractivity contribution in [1.82, 2.24) is 4.57 Å². The SMILES string of the molecule is CCOC(=O)C1=C(N)n2c(s/c(=C/c3ccccc3)c2=O)=C(C(=O)OC(C)C)C1c1ccccc1. The van der Waals surface area contributed by atoms with Gasteiger partial charge in [-0.15, -0.1) is 11.3 Å². The molecule has 0 saturated heterocycles. The van der Waals surface area contributed by atoms with Crippen LogP contribution in [0.2, 0.25) is 0 Å². The molecule has 0 amide bonds. The van der Waals surface area contributed by atoms with Crippen LogP contribution in [0.3, 0.4) is 0 Å². The van der Waals surface area contributed by atoms with Gasteiger partial charge in [-0.25, -0.2) is 9.59 Å². The number of carbonyl (C=O) groups is 2. The molecule has 2 N–H and O–H groups in total. The molecule has 180 valence electrons. The Hall–Kier alpha value is -3.91. The van der Waals surface area contributed by atoms with Crippen LogP contribution in [0.15, 0.2) is 71.0 Å². The summed E-state index contributed by atoms with van der Waals surface area (Å²) in [5.41, 5.74) is 7.76. The van der Waals surface area contributed by atoms with Gasteiger partial charge < -0.3 is 15.2 Å². The highest BCUT2D eigenvalue weighted by Crippen LogP contribution is 2.37. The normalized spacial score (nSPS) is 15.8. The summed E-state index contributed by atoms with van der Waals surface area (Å²) in [5.74, 6) is -2.22. The third-order valence-electron chi connectivity index (χ3n) is 5.44. The second-order valence-electron chi connectivity index (χ2n) is 8.20. The van der Waals surface area contributed by atoms with Crippen molar-refractivity contribution in [3.63, 3.8) is 0 Å². The molecule has 0 fully saturated rings. The van der Waals surface area contributed by atoms with E-state index in [-0.39, 0.29) is 23.6 Å². The summed E-state index contributed by atoms with van der Waals surface area (Å²) >= 11 is 1.14. The molecule has 4 rings (SSSR count). The van der Waals surface area contributed by atoms with Crippen molar-refractivity contribution in [1.29, 1.82) is 0 Å². The highest BCUT2D eigenvalue weighted by atomic mass is 32.1. The first kappa shape index (κ1) is 24.2. The second kappa shape index (κ2) is 10.1. The molecule has 1 aliphatic heterocycles. The maximum atomic E-state index is 13.5. The fourth-order valence-corrected chi connectivity index (χ4v) is 5.18. The van der Waals surface area contributed by atoms with Gasteiger partial charge in [0.1, 0.15) is 10.5 Å². The lowest BCUT2D eigenvalue weighted by Crippen LogP contribution is -2.42. The number of carbonyl (C=O) groups excluding carboxylic acids is 2. The van der Waals surface area contributed by atoms with Gasteiger partial charge in [0.15, 0.2) is 0 Å². The Morgan fingerprint density at radius 3 is 2.26 bits per heavy atom. The molecule has 0 spiro atoms. The Morgan fingerprint density at radius 2 is 1.66 bits per heavy atom. The van der Waals surface area contributed by atoms with E-state index in [0.717, 1.165) is 16.9 Å². The minimum absolute atomic E-state index is 0.0346. The van der Waals surface area contributed by atoms with E-state index in [1.165, 1.54) is 4.57 Å². The lowest BCUT2D eigenvalue weighted by molar-refractivity contribution is -0.140. The van der Waals surface area contributed by atoms with Gasteiger partial charge in [0.25, 0.3) is 5.56 Å². The van der Waals surface area contributed by atoms with Gasteiger partial charge in [-0.2, -0.15) is 0 Å². The fraction of sp³-hybridized carbons (Fsp3) is 0.222. The Kier molecular flexibility index (Phi) is 7.02. The summed E-state index contributed by atoms with van der Waals surface area (Å²) in [5, 5.41) is 0. The fourth-order valence-electron chi connectivity index (χ4n) is 4.01. The first-order chi connectivity index (χ1) is 16.8. The highest BCUT2D eigenvalue weighted by Gasteiger charge is 2.40. The number of hydrogen-bond donors (Lipinski definition) is 1. The maximum absolute atomic E-state index is 13.5. The third-order valence-corrected chi connectivity index (χ3v) is 6.54. The van der Waals surface area contributed by atoms with Crippen LogP contribution in [0.1, 0.15) is 37.8 Å². The largest absolute Gasteiger partial charge is 0.463 e. The molecule has 1 atom stereocenters. The molecule has 1 unspecified atom stereocenters. The van der Waals surface area contributed by atoms with Crippen LogP contribution in [0.4, 0.5) is 0 Å². The van der Waals surface area contributed by atoms with Crippen molar-refractivity contribution in [2.24, 2.45) is 5.73 Å². The van der Waals surface area contributed by atoms with Crippen LogP contribution in [-0.4, -0.2) is 29.2 Å². The Balaban J connectivity index is 2.11. The highest BCUT2D eigenvalue weighted by molar-refractivity contribution is 7.07. The van der Waals surface area contributed by atoms with E-state index < -0.39 is 29.5 Å². The standard InChI is InChI=1S/C27H26N2O5S/c1-4-33-26(31)21-20(18-13-9-6-10-14-18)22(27(32)34-16(2)3)25-29(23(21)28)24(30)19(35-25)15-17-11-7-5-8-12-17/h5-16,20H,4,28H2,1-3H3/b19-15+. The first-order valence-corrected chi connectivity index (χ1v) is 12.1. The number of rotatable bonds is 6. The molecule has 0 aliphatic carbocycles. The van der Waals surface area contributed by atoms with E-state index in [9.17, 15) is 14.4 Å². The molecular formula is C27H26N2O5S. The van der Waals surface area contributed by atoms with Gasteiger partial charge in [0, 0.05) is 0 Å². The van der Waals surface area contributed by atoms with Crippen molar-refractivity contribution < 1.29 is 19.1 Å². The predicted octanol–water partition coefficient (Wildman–Crippen LogP) is 2.33. The Morgan fingerprint density at radius 1 is 1.03 bits per heavy atom. The van der Waals surface area contributed by atoms with E-state index in [0.29, 0.717) is 14.8 Å². The van der Waals surface area contributed by atoms with Crippen LogP contribution in [0.5, 0.6) is 0 Å². The molecule has 2 aromatic carbocycles. The number of hydrogen-bond acceptors (Lipinski definition) is 7. The number of benzene rings is 2. The summed E-state index contributed by atoms with van der Waals surface area (Å²) in [7, 11) is 0. The lowest BCUT2D eigenvalue weighted by atomic mass is 9.83. The van der Waals surface area contributed by atoms with Crippen LogP contribution in [0.25, 0.3) is 17.5 Å². The lowest BCUT2D eigenvalue weighted by Gasteiger charge is -2.27. The zero-order valence-corrected chi connectivity index (χ0v) is 20.5. The van der Waals surface area contributed by atoms with Gasteiger partial charge in [0.05, 0.1) is 34.3 Å². The number of nitrogens with zero attached hydrogens (tertiary/aromatic N) is 1.